The molecule has 3 aromatic rings. The smallest absolute Gasteiger partial charge is 0.418 e. The molecule has 1 heterocycles. The monoisotopic (exact) mass is 527 g/mol. The summed E-state index contributed by atoms with van der Waals surface area (Å²) < 4.78 is 12.5. The van der Waals surface area contributed by atoms with Gasteiger partial charge in [0.15, 0.2) is 5.60 Å². The Bertz CT molecular complexity index is 1240. The molecule has 0 aliphatic carbocycles. The number of hydrogen-bond donors (Lipinski definition) is 0. The zero-order valence-corrected chi connectivity index (χ0v) is 24.0. The van der Waals surface area contributed by atoms with Crippen LogP contribution in [0.5, 0.6) is 0 Å². The molecule has 1 aliphatic rings. The molecule has 198 valence electrons. The molecule has 4 rings (SSSR count). The predicted octanol–water partition coefficient (Wildman–Crippen LogP) is 7.82. The number of hydrogen-bond acceptors (Lipinski definition) is 4. The Morgan fingerprint density at radius 2 is 1.39 bits per heavy atom. The first kappa shape index (κ1) is 27.4. The summed E-state index contributed by atoms with van der Waals surface area (Å²) in [6.07, 6.45) is 2.71. The third-order valence-electron chi connectivity index (χ3n) is 7.77. The van der Waals surface area contributed by atoms with Crippen LogP contribution < -0.4 is 0 Å². The van der Waals surface area contributed by atoms with Gasteiger partial charge < -0.3 is 9.16 Å². The number of benzene rings is 3. The maximum atomic E-state index is 14.0. The quantitative estimate of drug-likeness (QED) is 0.232. The fraction of sp³-hybridized carbons (Fsp3) is 0.312. The van der Waals surface area contributed by atoms with E-state index in [4.69, 9.17) is 9.16 Å². The van der Waals surface area contributed by atoms with Crippen molar-refractivity contribution >= 4 is 20.3 Å². The second-order valence-electron chi connectivity index (χ2n) is 11.4. The van der Waals surface area contributed by atoms with Crippen LogP contribution >= 0.6 is 0 Å². The topological polar surface area (TPSA) is 55.8 Å². The Labute approximate surface area is 227 Å². The normalized spacial score (nSPS) is 18.3. The highest BCUT2D eigenvalue weighted by molar-refractivity contribution is 6.74. The van der Waals surface area contributed by atoms with Gasteiger partial charge in [0.25, 0.3) is 0 Å². The van der Waals surface area contributed by atoms with Crippen molar-refractivity contribution in [2.45, 2.75) is 57.5 Å². The van der Waals surface area contributed by atoms with Crippen molar-refractivity contribution in [1.29, 1.82) is 0 Å². The van der Waals surface area contributed by atoms with Crippen LogP contribution in [0.4, 0.5) is 4.79 Å². The van der Waals surface area contributed by atoms with Crippen LogP contribution in [0.2, 0.25) is 18.1 Å². The van der Waals surface area contributed by atoms with E-state index < -0.39 is 32.0 Å². The molecule has 2 atom stereocenters. The standard InChI is InChI=1S/C32H37NO4Si/c1-24(22-23-36-38(5,6)31(2,3)4)29(34)33-28(25-16-10-7-11-17-25)32(37-30(33)35,26-18-12-8-13-19-26)27-20-14-9-15-21-27/h7-24,28H,1-6H3/b23-22-/t24-,28-/m1/s1. The van der Waals surface area contributed by atoms with Crippen LogP contribution in [-0.2, 0) is 19.6 Å². The summed E-state index contributed by atoms with van der Waals surface area (Å²) in [6.45, 7) is 12.6. The lowest BCUT2D eigenvalue weighted by Gasteiger charge is -2.36. The third kappa shape index (κ3) is 5.05. The molecule has 3 aromatic carbocycles. The fourth-order valence-electron chi connectivity index (χ4n) is 4.54. The number of amides is 2. The van der Waals surface area contributed by atoms with Crippen molar-refractivity contribution in [2.24, 2.45) is 5.92 Å². The molecule has 0 saturated carbocycles. The highest BCUT2D eigenvalue weighted by atomic mass is 28.4. The van der Waals surface area contributed by atoms with E-state index in [1.165, 1.54) is 4.90 Å². The average molecular weight is 528 g/mol. The van der Waals surface area contributed by atoms with Crippen molar-refractivity contribution < 1.29 is 18.8 Å². The number of carbonyl (C=O) groups is 2. The second-order valence-corrected chi connectivity index (χ2v) is 16.1. The van der Waals surface area contributed by atoms with Gasteiger partial charge in [0.1, 0.15) is 6.04 Å². The number of rotatable bonds is 7. The number of imide groups is 1. The Hall–Kier alpha value is -3.64. The molecule has 1 saturated heterocycles. The zero-order valence-electron chi connectivity index (χ0n) is 23.0. The number of carbonyl (C=O) groups excluding carboxylic acids is 2. The van der Waals surface area contributed by atoms with Gasteiger partial charge in [-0.2, -0.15) is 0 Å². The summed E-state index contributed by atoms with van der Waals surface area (Å²) in [5, 5.41) is 0.0344. The number of nitrogens with zero attached hydrogens (tertiary/aromatic N) is 1. The van der Waals surface area contributed by atoms with Gasteiger partial charge in [-0.3, -0.25) is 4.79 Å². The second kappa shape index (κ2) is 10.6. The lowest BCUT2D eigenvalue weighted by atomic mass is 9.77. The molecule has 1 aliphatic heterocycles. The van der Waals surface area contributed by atoms with Gasteiger partial charge in [-0.15, -0.1) is 0 Å². The van der Waals surface area contributed by atoms with Crippen LogP contribution in [0.25, 0.3) is 0 Å². The highest BCUT2D eigenvalue weighted by Crippen LogP contribution is 2.52. The lowest BCUT2D eigenvalue weighted by Crippen LogP contribution is -2.42. The molecule has 0 unspecified atom stereocenters. The fourth-order valence-corrected chi connectivity index (χ4v) is 5.32. The summed E-state index contributed by atoms with van der Waals surface area (Å²) in [5.74, 6) is -0.937. The van der Waals surface area contributed by atoms with Gasteiger partial charge in [-0.1, -0.05) is 112 Å². The summed E-state index contributed by atoms with van der Waals surface area (Å²) in [7, 11) is -2.03. The molecule has 2 amide bonds. The van der Waals surface area contributed by atoms with E-state index in [9.17, 15) is 9.59 Å². The number of cyclic esters (lactones) is 1. The van der Waals surface area contributed by atoms with E-state index in [0.29, 0.717) is 0 Å². The first-order valence-electron chi connectivity index (χ1n) is 13.1. The first-order chi connectivity index (χ1) is 18.0. The first-order valence-corrected chi connectivity index (χ1v) is 16.0. The summed E-state index contributed by atoms with van der Waals surface area (Å²) in [4.78, 5) is 28.9. The summed E-state index contributed by atoms with van der Waals surface area (Å²) in [6, 6.07) is 28.2. The molecule has 5 nitrogen and oxygen atoms in total. The Morgan fingerprint density at radius 1 is 0.921 bits per heavy atom. The van der Waals surface area contributed by atoms with Gasteiger partial charge in [0.2, 0.25) is 14.2 Å². The van der Waals surface area contributed by atoms with Crippen molar-refractivity contribution in [2.75, 3.05) is 0 Å². The molecule has 38 heavy (non-hydrogen) atoms. The van der Waals surface area contributed by atoms with Gasteiger partial charge in [0.05, 0.1) is 12.2 Å². The molecule has 0 spiro atoms. The van der Waals surface area contributed by atoms with Crippen LogP contribution in [0, 0.1) is 5.92 Å². The Kier molecular flexibility index (Phi) is 7.65. The summed E-state index contributed by atoms with van der Waals surface area (Å²) in [5.41, 5.74) is 1.20. The SMILES string of the molecule is C[C@H](/C=C\O[Si](C)(C)C(C)(C)C)C(=O)N1C(=O)OC(c2ccccc2)(c2ccccc2)[C@H]1c1ccccc1. The van der Waals surface area contributed by atoms with E-state index in [1.807, 2.05) is 91.0 Å². The maximum Gasteiger partial charge on any atom is 0.418 e. The Morgan fingerprint density at radius 3 is 1.87 bits per heavy atom. The van der Waals surface area contributed by atoms with Crippen molar-refractivity contribution in [3.63, 3.8) is 0 Å². The largest absolute Gasteiger partial charge is 0.549 e. The molecular weight excluding hydrogens is 490 g/mol. The minimum absolute atomic E-state index is 0.0344. The predicted molar refractivity (Wildman–Crippen MR) is 153 cm³/mol. The number of ether oxygens (including phenoxy) is 1. The molecule has 0 radical (unpaired) electrons. The molecule has 1 fully saturated rings. The minimum atomic E-state index is -2.03. The van der Waals surface area contributed by atoms with E-state index in [-0.39, 0.29) is 10.9 Å². The molecule has 0 N–H and O–H groups in total. The molecule has 6 heteroatoms. The van der Waals surface area contributed by atoms with Crippen molar-refractivity contribution in [3.05, 3.63) is 120 Å². The maximum absolute atomic E-state index is 14.0. The zero-order chi connectivity index (χ0) is 27.6. The molecule has 0 aromatic heterocycles. The van der Waals surface area contributed by atoms with Crippen molar-refractivity contribution in [3.8, 4) is 0 Å². The van der Waals surface area contributed by atoms with E-state index >= 15 is 0 Å². The van der Waals surface area contributed by atoms with Gasteiger partial charge in [-0.05, 0) is 36.7 Å². The van der Waals surface area contributed by atoms with Crippen LogP contribution in [-0.4, -0.2) is 25.2 Å². The van der Waals surface area contributed by atoms with Gasteiger partial charge >= 0.3 is 6.09 Å². The lowest BCUT2D eigenvalue weighted by molar-refractivity contribution is -0.132. The summed E-state index contributed by atoms with van der Waals surface area (Å²) >= 11 is 0. The van der Waals surface area contributed by atoms with Crippen LogP contribution in [0.15, 0.2) is 103 Å². The van der Waals surface area contributed by atoms with E-state index in [1.54, 1.807) is 19.3 Å². The van der Waals surface area contributed by atoms with Crippen molar-refractivity contribution in [1.82, 2.24) is 4.90 Å². The Balaban J connectivity index is 1.79. The minimum Gasteiger partial charge on any atom is -0.549 e. The van der Waals surface area contributed by atoms with Crippen LogP contribution in [0.3, 0.4) is 0 Å². The molecular formula is C32H37NO4Si. The van der Waals surface area contributed by atoms with E-state index in [0.717, 1.165) is 16.7 Å². The van der Waals surface area contributed by atoms with Gasteiger partial charge in [-0.25, -0.2) is 9.69 Å². The highest BCUT2D eigenvalue weighted by Gasteiger charge is 2.59. The van der Waals surface area contributed by atoms with Gasteiger partial charge in [0, 0.05) is 11.1 Å². The average Bonchev–Trinajstić information content (AvgIpc) is 3.22. The third-order valence-corrected chi connectivity index (χ3v) is 12.1. The molecule has 0 bridgehead atoms. The van der Waals surface area contributed by atoms with E-state index in [2.05, 4.69) is 33.9 Å². The van der Waals surface area contributed by atoms with Crippen LogP contribution in [0.1, 0.15) is 50.4 Å².